The summed E-state index contributed by atoms with van der Waals surface area (Å²) >= 11 is 0. The van der Waals surface area contributed by atoms with Gasteiger partial charge < -0.3 is 4.90 Å². The molecule has 0 aromatic rings. The minimum atomic E-state index is 0.0333. The Hall–Kier alpha value is -0.610. The summed E-state index contributed by atoms with van der Waals surface area (Å²) < 4.78 is 0. The fourth-order valence-electron chi connectivity index (χ4n) is 2.57. The smallest absolute Gasteiger partial charge is 0.241 e. The Labute approximate surface area is 104 Å². The lowest BCUT2D eigenvalue weighted by molar-refractivity contribution is -0.129. The number of amides is 1. The Balaban J connectivity index is 1.78. The van der Waals surface area contributed by atoms with Gasteiger partial charge in [0, 0.05) is 19.1 Å². The third kappa shape index (κ3) is 2.99. The van der Waals surface area contributed by atoms with Gasteiger partial charge in [-0.2, -0.15) is 0 Å². The Kier molecular flexibility index (Phi) is 4.05. The van der Waals surface area contributed by atoms with Crippen LogP contribution in [0.5, 0.6) is 0 Å². The Bertz CT molecular complexity index is 276. The van der Waals surface area contributed by atoms with E-state index in [1.54, 1.807) is 0 Å². The summed E-state index contributed by atoms with van der Waals surface area (Å²) in [5, 5.41) is 3.30. The molecule has 0 radical (unpaired) electrons. The van der Waals surface area contributed by atoms with Gasteiger partial charge in [0.1, 0.15) is 0 Å². The second kappa shape index (κ2) is 5.36. The predicted octanol–water partition coefficient (Wildman–Crippen LogP) is 0.885. The Morgan fingerprint density at radius 3 is 2.65 bits per heavy atom. The van der Waals surface area contributed by atoms with Crippen LogP contribution in [0.15, 0.2) is 0 Å². The summed E-state index contributed by atoms with van der Waals surface area (Å²) in [7, 11) is 0. The third-order valence-corrected chi connectivity index (χ3v) is 3.87. The molecule has 1 heterocycles. The zero-order chi connectivity index (χ0) is 12.4. The fraction of sp³-hybridized carbons (Fsp3) is 0.923. The van der Waals surface area contributed by atoms with Crippen LogP contribution in [0.4, 0.5) is 0 Å². The monoisotopic (exact) mass is 239 g/mol. The second-order valence-corrected chi connectivity index (χ2v) is 5.55. The molecular weight excluding hydrogens is 214 g/mol. The van der Waals surface area contributed by atoms with Crippen LogP contribution in [0.3, 0.4) is 0 Å². The van der Waals surface area contributed by atoms with Crippen molar-refractivity contribution < 1.29 is 4.79 Å². The van der Waals surface area contributed by atoms with Crippen LogP contribution in [0.2, 0.25) is 0 Å². The van der Waals surface area contributed by atoms with Crippen LogP contribution >= 0.6 is 0 Å². The van der Waals surface area contributed by atoms with Gasteiger partial charge in [0.2, 0.25) is 5.91 Å². The van der Waals surface area contributed by atoms with E-state index in [1.165, 1.54) is 12.8 Å². The third-order valence-electron chi connectivity index (χ3n) is 3.87. The lowest BCUT2D eigenvalue weighted by atomic mass is 10.1. The zero-order valence-electron chi connectivity index (χ0n) is 11.3. The quantitative estimate of drug-likeness (QED) is 0.747. The number of nitrogens with one attached hydrogen (secondary N) is 1. The van der Waals surface area contributed by atoms with Crippen molar-refractivity contribution >= 4 is 5.91 Å². The summed E-state index contributed by atoms with van der Waals surface area (Å²) in [4.78, 5) is 16.5. The van der Waals surface area contributed by atoms with Crippen LogP contribution in [0.25, 0.3) is 0 Å². The highest BCUT2D eigenvalue weighted by atomic mass is 16.2. The van der Waals surface area contributed by atoms with E-state index in [0.29, 0.717) is 5.92 Å². The van der Waals surface area contributed by atoms with E-state index >= 15 is 0 Å². The number of nitrogens with zero attached hydrogens (tertiary/aromatic N) is 2. The molecule has 98 valence electrons. The first-order valence-corrected chi connectivity index (χ1v) is 6.89. The van der Waals surface area contributed by atoms with Crippen molar-refractivity contribution in [2.75, 3.05) is 26.3 Å². The molecule has 1 aliphatic heterocycles. The molecule has 0 spiro atoms. The molecular formula is C13H25N3O. The SMILES string of the molecule is CCN(CCN1CNC(C(C)C)C1=O)C1CC1. The first-order chi connectivity index (χ1) is 8.13. The van der Waals surface area contributed by atoms with Crippen molar-refractivity contribution in [3.63, 3.8) is 0 Å². The van der Waals surface area contributed by atoms with Crippen molar-refractivity contribution in [3.8, 4) is 0 Å². The van der Waals surface area contributed by atoms with E-state index in [4.69, 9.17) is 0 Å². The zero-order valence-corrected chi connectivity index (χ0v) is 11.3. The van der Waals surface area contributed by atoms with Gasteiger partial charge in [-0.15, -0.1) is 0 Å². The van der Waals surface area contributed by atoms with Crippen LogP contribution in [-0.2, 0) is 4.79 Å². The molecule has 0 aromatic carbocycles. The Morgan fingerprint density at radius 1 is 1.47 bits per heavy atom. The van der Waals surface area contributed by atoms with Gasteiger partial charge in [-0.05, 0) is 25.3 Å². The molecule has 1 saturated heterocycles. The van der Waals surface area contributed by atoms with Gasteiger partial charge in [-0.1, -0.05) is 20.8 Å². The average molecular weight is 239 g/mol. The number of hydrogen-bond donors (Lipinski definition) is 1. The first-order valence-electron chi connectivity index (χ1n) is 6.89. The standard InChI is InChI=1S/C13H25N3O/c1-4-15(11-5-6-11)7-8-16-9-14-12(10(2)3)13(16)17/h10-12,14H,4-9H2,1-3H3. The second-order valence-electron chi connectivity index (χ2n) is 5.55. The molecule has 2 aliphatic rings. The minimum Gasteiger partial charge on any atom is -0.327 e. The van der Waals surface area contributed by atoms with Crippen molar-refractivity contribution in [2.24, 2.45) is 5.92 Å². The van der Waals surface area contributed by atoms with Crippen LogP contribution < -0.4 is 5.32 Å². The Morgan fingerprint density at radius 2 is 2.18 bits per heavy atom. The normalized spacial score (nSPS) is 25.4. The molecule has 4 heteroatoms. The summed E-state index contributed by atoms with van der Waals surface area (Å²) in [5.41, 5.74) is 0. The molecule has 1 unspecified atom stereocenters. The van der Waals surface area contributed by atoms with Crippen molar-refractivity contribution in [1.29, 1.82) is 0 Å². The van der Waals surface area contributed by atoms with E-state index in [9.17, 15) is 4.79 Å². The highest BCUT2D eigenvalue weighted by Gasteiger charge is 2.34. The summed E-state index contributed by atoms with van der Waals surface area (Å²) in [6.45, 7) is 10.1. The molecule has 2 rings (SSSR count). The molecule has 0 aromatic heterocycles. The minimum absolute atomic E-state index is 0.0333. The van der Waals surface area contributed by atoms with Crippen LogP contribution in [-0.4, -0.2) is 54.1 Å². The van der Waals surface area contributed by atoms with Gasteiger partial charge in [-0.25, -0.2) is 0 Å². The predicted molar refractivity (Wildman–Crippen MR) is 68.6 cm³/mol. The van der Waals surface area contributed by atoms with E-state index in [-0.39, 0.29) is 11.9 Å². The van der Waals surface area contributed by atoms with E-state index in [2.05, 4.69) is 31.0 Å². The molecule has 4 nitrogen and oxygen atoms in total. The molecule has 1 aliphatic carbocycles. The van der Waals surface area contributed by atoms with Crippen LogP contribution in [0.1, 0.15) is 33.6 Å². The van der Waals surface area contributed by atoms with Gasteiger partial charge in [0.25, 0.3) is 0 Å². The van der Waals surface area contributed by atoms with Crippen molar-refractivity contribution in [1.82, 2.24) is 15.1 Å². The van der Waals surface area contributed by atoms with Crippen molar-refractivity contribution in [3.05, 3.63) is 0 Å². The molecule has 1 N–H and O–H groups in total. The maximum absolute atomic E-state index is 12.1. The highest BCUT2D eigenvalue weighted by molar-refractivity contribution is 5.84. The fourth-order valence-corrected chi connectivity index (χ4v) is 2.57. The number of hydrogen-bond acceptors (Lipinski definition) is 3. The maximum atomic E-state index is 12.1. The van der Waals surface area contributed by atoms with Crippen molar-refractivity contribution in [2.45, 2.75) is 45.7 Å². The number of likely N-dealkylation sites (N-methyl/N-ethyl adjacent to an activating group) is 1. The number of carbonyl (C=O) groups is 1. The highest BCUT2D eigenvalue weighted by Crippen LogP contribution is 2.26. The van der Waals surface area contributed by atoms with Gasteiger partial charge in [-0.3, -0.25) is 15.0 Å². The number of carbonyl (C=O) groups excluding carboxylic acids is 1. The van der Waals surface area contributed by atoms with Gasteiger partial charge >= 0.3 is 0 Å². The molecule has 1 atom stereocenters. The summed E-state index contributed by atoms with van der Waals surface area (Å²) in [6.07, 6.45) is 2.68. The molecule has 1 amide bonds. The lowest BCUT2D eigenvalue weighted by Crippen LogP contribution is -2.39. The topological polar surface area (TPSA) is 35.6 Å². The first kappa shape index (κ1) is 12.8. The van der Waals surface area contributed by atoms with E-state index in [1.807, 2.05) is 4.90 Å². The lowest BCUT2D eigenvalue weighted by Gasteiger charge is -2.23. The molecule has 1 saturated carbocycles. The van der Waals surface area contributed by atoms with Gasteiger partial charge in [0.15, 0.2) is 0 Å². The summed E-state index contributed by atoms with van der Waals surface area (Å²) in [5.74, 6) is 0.671. The summed E-state index contributed by atoms with van der Waals surface area (Å²) in [6, 6.07) is 0.831. The molecule has 2 fully saturated rings. The average Bonchev–Trinajstić information content (AvgIpc) is 3.05. The van der Waals surface area contributed by atoms with Crippen LogP contribution in [0, 0.1) is 5.92 Å². The molecule has 0 bridgehead atoms. The number of rotatable bonds is 6. The maximum Gasteiger partial charge on any atom is 0.241 e. The van der Waals surface area contributed by atoms with Gasteiger partial charge in [0.05, 0.1) is 12.7 Å². The van der Waals surface area contributed by atoms with E-state index in [0.717, 1.165) is 32.3 Å². The van der Waals surface area contributed by atoms with E-state index < -0.39 is 0 Å². The largest absolute Gasteiger partial charge is 0.327 e. The molecule has 17 heavy (non-hydrogen) atoms.